The Bertz CT molecular complexity index is 1220. The molecule has 45 heavy (non-hydrogen) atoms. The molecule has 0 amide bonds. The zero-order valence-electron chi connectivity index (χ0n) is 27.8. The van der Waals surface area contributed by atoms with Crippen LogP contribution in [0.2, 0.25) is 0 Å². The fraction of sp³-hybridized carbons (Fsp3) is 1.00. The maximum Gasteiger partial charge on any atom is 0.199 e. The average Bonchev–Trinajstić information content (AvgIpc) is 3.50. The Balaban J connectivity index is 1.11. The first-order chi connectivity index (χ1) is 20.9. The minimum Gasteiger partial charge on any atom is -0.396 e. The molecule has 8 aliphatic rings. The summed E-state index contributed by atoms with van der Waals surface area (Å²) < 4.78 is 25.7. The molecule has 3 spiro atoms. The van der Waals surface area contributed by atoms with Gasteiger partial charge in [0.1, 0.15) is 30.5 Å². The fourth-order valence-corrected chi connectivity index (χ4v) is 13.9. The number of hydrogen-bond donors (Lipinski definition) is 6. The van der Waals surface area contributed by atoms with Gasteiger partial charge in [-0.3, -0.25) is 0 Å². The number of hydrogen-bond acceptors (Lipinski definition) is 10. The van der Waals surface area contributed by atoms with Gasteiger partial charge in [-0.1, -0.05) is 27.7 Å². The quantitative estimate of drug-likeness (QED) is 0.253. The van der Waals surface area contributed by atoms with Crippen LogP contribution in [0.4, 0.5) is 0 Å². The molecule has 6 N–H and O–H groups in total. The van der Waals surface area contributed by atoms with Gasteiger partial charge >= 0.3 is 0 Å². The molecule has 10 heteroatoms. The number of ether oxygens (including phenoxy) is 4. The first kappa shape index (κ1) is 31.8. The Labute approximate surface area is 266 Å². The molecule has 10 nitrogen and oxygen atoms in total. The summed E-state index contributed by atoms with van der Waals surface area (Å²) in [7, 11) is 0. The molecule has 2 bridgehead atoms. The van der Waals surface area contributed by atoms with Crippen molar-refractivity contribution in [1.29, 1.82) is 0 Å². The van der Waals surface area contributed by atoms with Gasteiger partial charge in [-0.15, -0.1) is 0 Å². The van der Waals surface area contributed by atoms with Gasteiger partial charge < -0.3 is 49.6 Å². The zero-order valence-corrected chi connectivity index (χ0v) is 27.8. The van der Waals surface area contributed by atoms with Gasteiger partial charge in [0.05, 0.1) is 24.4 Å². The molecule has 0 aromatic heterocycles. The molecule has 0 aromatic rings. The Kier molecular flexibility index (Phi) is 6.67. The Hall–Kier alpha value is -0.400. The summed E-state index contributed by atoms with van der Waals surface area (Å²) in [5.41, 5.74) is -1.89. The summed E-state index contributed by atoms with van der Waals surface area (Å²) in [6.45, 7) is 12.6. The van der Waals surface area contributed by atoms with Gasteiger partial charge in [0, 0.05) is 17.9 Å². The molecule has 8 rings (SSSR count). The highest BCUT2D eigenvalue weighted by molar-refractivity contribution is 5.34. The first-order valence-corrected chi connectivity index (χ1v) is 17.6. The van der Waals surface area contributed by atoms with Gasteiger partial charge in [0.25, 0.3) is 0 Å². The normalized spacial score (nSPS) is 61.1. The highest BCUT2D eigenvalue weighted by Gasteiger charge is 2.88. The fourth-order valence-electron chi connectivity index (χ4n) is 13.9. The van der Waals surface area contributed by atoms with E-state index in [9.17, 15) is 30.6 Å². The van der Waals surface area contributed by atoms with E-state index in [2.05, 4.69) is 27.7 Å². The van der Waals surface area contributed by atoms with E-state index >= 15 is 0 Å². The van der Waals surface area contributed by atoms with E-state index in [0.29, 0.717) is 12.3 Å². The predicted octanol–water partition coefficient (Wildman–Crippen LogP) is 2.09. The van der Waals surface area contributed by atoms with Gasteiger partial charge in [0.15, 0.2) is 12.1 Å². The Morgan fingerprint density at radius 3 is 2.24 bits per heavy atom. The van der Waals surface area contributed by atoms with E-state index < -0.39 is 53.6 Å². The third kappa shape index (κ3) is 3.61. The number of fused-ring (bicyclic) bond motifs is 4. The first-order valence-electron chi connectivity index (χ1n) is 17.6. The molecule has 256 valence electrons. The molecule has 5 saturated carbocycles. The monoisotopic (exact) mass is 636 g/mol. The van der Waals surface area contributed by atoms with E-state index in [1.54, 1.807) is 13.8 Å². The maximum absolute atomic E-state index is 12.7. The molecular formula is C35H56O10. The number of aliphatic hydroxyl groups is 6. The highest BCUT2D eigenvalue weighted by Crippen LogP contribution is 2.90. The lowest BCUT2D eigenvalue weighted by Crippen LogP contribution is -2.61. The van der Waals surface area contributed by atoms with Crippen LogP contribution in [0.25, 0.3) is 0 Å². The minimum absolute atomic E-state index is 0.0133. The summed E-state index contributed by atoms with van der Waals surface area (Å²) in [5, 5.41) is 65.3. The summed E-state index contributed by atoms with van der Waals surface area (Å²) in [6.07, 6.45) is 0.888. The predicted molar refractivity (Wildman–Crippen MR) is 160 cm³/mol. The van der Waals surface area contributed by atoms with Crippen LogP contribution in [0, 0.1) is 50.7 Å². The van der Waals surface area contributed by atoms with Crippen molar-refractivity contribution in [2.75, 3.05) is 13.2 Å². The lowest BCUT2D eigenvalue weighted by molar-refractivity contribution is -0.303. The van der Waals surface area contributed by atoms with Crippen molar-refractivity contribution < 1.29 is 49.6 Å². The van der Waals surface area contributed by atoms with Crippen molar-refractivity contribution in [2.24, 2.45) is 50.7 Å². The molecule has 3 saturated heterocycles. The number of aliphatic hydroxyl groups excluding tert-OH is 5. The average molecular weight is 637 g/mol. The van der Waals surface area contributed by atoms with Crippen LogP contribution < -0.4 is 0 Å². The molecule has 0 unspecified atom stereocenters. The summed E-state index contributed by atoms with van der Waals surface area (Å²) >= 11 is 0. The molecule has 5 aliphatic carbocycles. The van der Waals surface area contributed by atoms with Gasteiger partial charge in [0.2, 0.25) is 0 Å². The number of rotatable bonds is 4. The molecule has 0 radical (unpaired) electrons. The Morgan fingerprint density at radius 2 is 1.56 bits per heavy atom. The van der Waals surface area contributed by atoms with Crippen molar-refractivity contribution in [3.8, 4) is 0 Å². The van der Waals surface area contributed by atoms with Crippen LogP contribution in [-0.2, 0) is 18.9 Å². The van der Waals surface area contributed by atoms with Crippen molar-refractivity contribution in [3.05, 3.63) is 0 Å². The molecule has 3 aliphatic heterocycles. The third-order valence-corrected chi connectivity index (χ3v) is 15.9. The SMILES string of the molecule is CC(C)(O)[C@H]1O[C@@]23O[C@@H]1C[C@@H](CO)[C@@H]2[C@@]1(C)CC[C@@]24C[C@@]25CC[C@H](O[C@@H]2OC[C@H](O)[C@H](O)[C@H]2O)C(C)(C)[C@@H]5CC[C@H]4[C@]1(C)[C@H]3O. The summed E-state index contributed by atoms with van der Waals surface area (Å²) in [4.78, 5) is 0. The smallest absolute Gasteiger partial charge is 0.199 e. The topological polar surface area (TPSA) is 158 Å². The second-order valence-corrected chi connectivity index (χ2v) is 18.2. The highest BCUT2D eigenvalue weighted by atomic mass is 16.8. The second kappa shape index (κ2) is 9.43. The van der Waals surface area contributed by atoms with E-state index in [4.69, 9.17) is 18.9 Å². The van der Waals surface area contributed by atoms with Crippen LogP contribution in [0.5, 0.6) is 0 Å². The van der Waals surface area contributed by atoms with Crippen LogP contribution in [0.3, 0.4) is 0 Å². The van der Waals surface area contributed by atoms with Crippen molar-refractivity contribution in [3.63, 3.8) is 0 Å². The third-order valence-electron chi connectivity index (χ3n) is 15.9. The van der Waals surface area contributed by atoms with Gasteiger partial charge in [-0.25, -0.2) is 0 Å². The lowest BCUT2D eigenvalue weighted by Gasteiger charge is -2.63. The summed E-state index contributed by atoms with van der Waals surface area (Å²) in [5.74, 6) is -0.802. The van der Waals surface area contributed by atoms with Crippen LogP contribution in [-0.4, -0.2) is 104 Å². The van der Waals surface area contributed by atoms with E-state index in [0.717, 1.165) is 44.9 Å². The van der Waals surface area contributed by atoms with Gasteiger partial charge in [-0.05, 0) is 105 Å². The van der Waals surface area contributed by atoms with E-state index in [1.165, 1.54) is 0 Å². The van der Waals surface area contributed by atoms with Crippen molar-refractivity contribution in [1.82, 2.24) is 0 Å². The molecule has 3 heterocycles. The second-order valence-electron chi connectivity index (χ2n) is 18.2. The largest absolute Gasteiger partial charge is 0.396 e. The summed E-state index contributed by atoms with van der Waals surface area (Å²) in [6, 6.07) is 0. The Morgan fingerprint density at radius 1 is 0.867 bits per heavy atom. The minimum atomic E-state index is -1.30. The van der Waals surface area contributed by atoms with Crippen LogP contribution in [0.1, 0.15) is 92.9 Å². The van der Waals surface area contributed by atoms with Crippen molar-refractivity contribution >= 4 is 0 Å². The lowest BCUT2D eigenvalue weighted by atomic mass is 9.41. The van der Waals surface area contributed by atoms with Crippen molar-refractivity contribution in [2.45, 2.75) is 153 Å². The van der Waals surface area contributed by atoms with Gasteiger partial charge in [-0.2, -0.15) is 0 Å². The molecule has 8 fully saturated rings. The van der Waals surface area contributed by atoms with E-state index in [1.807, 2.05) is 0 Å². The maximum atomic E-state index is 12.7. The zero-order chi connectivity index (χ0) is 32.3. The van der Waals surface area contributed by atoms with Crippen LogP contribution >= 0.6 is 0 Å². The molecule has 17 atom stereocenters. The van der Waals surface area contributed by atoms with Crippen LogP contribution in [0.15, 0.2) is 0 Å². The van der Waals surface area contributed by atoms with E-state index in [-0.39, 0.29) is 64.8 Å². The molecular weight excluding hydrogens is 580 g/mol. The standard InChI is InChI=1S/C35H56O10/c1-29(2)20-7-8-21-32(6)28(40)35-25(17(14-36)13-19(44-35)26(45-35)30(3,4)41)31(32,5)11-12-34(21)16-33(20,34)10-9-22(29)43-27-24(39)23(38)18(37)15-42-27/h17-28,36-41H,7-16H2,1-6H3/t17-,18-,19+,20-,21-,22-,23-,24+,25+,26-,27-,28+,31+,32+,33+,34-,35-/m0/s1. The molecule has 0 aromatic carbocycles.